The summed E-state index contributed by atoms with van der Waals surface area (Å²) in [5.74, 6) is -3.58. The van der Waals surface area contributed by atoms with E-state index in [0.29, 0.717) is 24.7 Å². The van der Waals surface area contributed by atoms with E-state index < -0.39 is 60.7 Å². The average molecular weight is 718 g/mol. The van der Waals surface area contributed by atoms with Crippen LogP contribution in [0.5, 0.6) is 5.75 Å². The van der Waals surface area contributed by atoms with Crippen LogP contribution in [-0.2, 0) is 54.0 Å². The molecule has 0 spiro atoms. The fraction of sp³-hybridized carbons (Fsp3) is 0.368. The lowest BCUT2D eigenvalue weighted by atomic mass is 9.97. The fourth-order valence-corrected chi connectivity index (χ4v) is 6.37. The molecule has 274 valence electrons. The van der Waals surface area contributed by atoms with E-state index in [2.05, 4.69) is 17.4 Å². The van der Waals surface area contributed by atoms with Crippen molar-refractivity contribution in [2.75, 3.05) is 20.3 Å². The van der Waals surface area contributed by atoms with E-state index >= 15 is 0 Å². The maximum atomic E-state index is 12.8. The normalized spacial score (nSPS) is 20.3. The smallest absolute Gasteiger partial charge is 0.407 e. The van der Waals surface area contributed by atoms with Gasteiger partial charge in [-0.3, -0.25) is 19.2 Å². The highest BCUT2D eigenvalue weighted by atomic mass is 16.7. The third kappa shape index (κ3) is 8.75. The van der Waals surface area contributed by atoms with Gasteiger partial charge >= 0.3 is 30.0 Å². The number of aldehydes is 1. The van der Waals surface area contributed by atoms with Gasteiger partial charge < -0.3 is 38.5 Å². The first-order valence-electron chi connectivity index (χ1n) is 16.6. The topological polar surface area (TPSA) is 179 Å². The standard InChI is InChI=1S/C38H39NO13/c1-21(41)48-32-33(49-22(2)42)35(50-23(3)43)37(52-34(32)36(44)46-4)51-31-18-24(15-16-25(31)19-40)10-9-17-39-38(45)47-20-30-28-13-7-5-11-26(28)27-12-6-8-14-29(27)30/h5-8,11-16,18-19,30,32-35,37H,9-10,17,20H2,1-4H3,(H,39,45)/t32-,33-,34-,35+,37+/m0/s1. The molecule has 5 atom stereocenters. The van der Waals surface area contributed by atoms with Crippen LogP contribution >= 0.6 is 0 Å². The highest BCUT2D eigenvalue weighted by molar-refractivity contribution is 5.80. The summed E-state index contributed by atoms with van der Waals surface area (Å²) < 4.78 is 38.3. The molecule has 1 fully saturated rings. The van der Waals surface area contributed by atoms with Crippen molar-refractivity contribution in [2.45, 2.75) is 70.2 Å². The number of hydrogen-bond donors (Lipinski definition) is 1. The lowest BCUT2D eigenvalue weighted by molar-refractivity contribution is -0.282. The Morgan fingerprint density at radius 3 is 1.98 bits per heavy atom. The van der Waals surface area contributed by atoms with Gasteiger partial charge in [0, 0.05) is 33.2 Å². The second kappa shape index (κ2) is 17.0. The van der Waals surface area contributed by atoms with E-state index in [9.17, 15) is 28.8 Å². The van der Waals surface area contributed by atoms with Crippen molar-refractivity contribution in [1.29, 1.82) is 0 Å². The van der Waals surface area contributed by atoms with Crippen LogP contribution in [0.4, 0.5) is 4.79 Å². The van der Waals surface area contributed by atoms with Gasteiger partial charge in [-0.15, -0.1) is 0 Å². The minimum Gasteiger partial charge on any atom is -0.467 e. The first-order valence-corrected chi connectivity index (χ1v) is 16.6. The number of esters is 4. The Bertz CT molecular complexity index is 1780. The summed E-state index contributed by atoms with van der Waals surface area (Å²) in [6.45, 7) is 3.69. The van der Waals surface area contributed by atoms with Crippen molar-refractivity contribution in [3.63, 3.8) is 0 Å². The number of hydrogen-bond acceptors (Lipinski definition) is 13. The molecule has 1 aliphatic heterocycles. The van der Waals surface area contributed by atoms with Gasteiger partial charge in [0.1, 0.15) is 12.4 Å². The summed E-state index contributed by atoms with van der Waals surface area (Å²) in [5, 5.41) is 2.77. The van der Waals surface area contributed by atoms with E-state index in [-0.39, 0.29) is 30.4 Å². The molecule has 5 rings (SSSR count). The first kappa shape index (κ1) is 37.5. The Kier molecular flexibility index (Phi) is 12.2. The highest BCUT2D eigenvalue weighted by Crippen LogP contribution is 2.44. The minimum absolute atomic E-state index is 0.00438. The number of nitrogens with one attached hydrogen (secondary N) is 1. The number of fused-ring (bicyclic) bond motifs is 3. The third-order valence-corrected chi connectivity index (χ3v) is 8.54. The molecule has 0 aromatic heterocycles. The molecule has 0 radical (unpaired) electrons. The van der Waals surface area contributed by atoms with Crippen LogP contribution in [0.15, 0.2) is 66.7 Å². The molecular formula is C38H39NO13. The second-order valence-electron chi connectivity index (χ2n) is 12.1. The first-order chi connectivity index (χ1) is 25.0. The molecule has 0 bridgehead atoms. The molecule has 14 nitrogen and oxygen atoms in total. The Hall–Kier alpha value is -5.76. The Morgan fingerprint density at radius 1 is 0.788 bits per heavy atom. The highest BCUT2D eigenvalue weighted by Gasteiger charge is 2.56. The number of amides is 1. The number of methoxy groups -OCH3 is 1. The lowest BCUT2D eigenvalue weighted by Gasteiger charge is -2.43. The molecule has 3 aromatic carbocycles. The summed E-state index contributed by atoms with van der Waals surface area (Å²) in [7, 11) is 1.07. The minimum atomic E-state index is -1.66. The zero-order valence-corrected chi connectivity index (χ0v) is 29.0. The number of ether oxygens (including phenoxy) is 7. The molecular weight excluding hydrogens is 678 g/mol. The van der Waals surface area contributed by atoms with Crippen LogP contribution < -0.4 is 10.1 Å². The molecule has 3 aromatic rings. The molecule has 1 amide bonds. The van der Waals surface area contributed by atoms with Crippen LogP contribution in [-0.4, -0.2) is 87.2 Å². The van der Waals surface area contributed by atoms with Crippen molar-refractivity contribution in [2.24, 2.45) is 0 Å². The molecule has 1 saturated heterocycles. The maximum absolute atomic E-state index is 12.8. The van der Waals surface area contributed by atoms with Crippen LogP contribution in [0.25, 0.3) is 11.1 Å². The molecule has 2 aliphatic rings. The number of aryl methyl sites for hydroxylation is 1. The number of rotatable bonds is 13. The number of carbonyl (C=O) groups excluding carboxylic acids is 6. The summed E-state index contributed by atoms with van der Waals surface area (Å²) >= 11 is 0. The van der Waals surface area contributed by atoms with Gasteiger partial charge in [-0.25, -0.2) is 9.59 Å². The lowest BCUT2D eigenvalue weighted by Crippen LogP contribution is -2.64. The van der Waals surface area contributed by atoms with Gasteiger partial charge in [0.25, 0.3) is 0 Å². The van der Waals surface area contributed by atoms with Crippen molar-refractivity contribution >= 4 is 36.3 Å². The number of carbonyl (C=O) groups is 6. The van der Waals surface area contributed by atoms with E-state index in [1.807, 2.05) is 36.4 Å². The SMILES string of the molecule is COC(=O)[C@H]1O[C@@H](Oc2cc(CCCNC(=O)OCC3c4ccccc4-c4ccccc43)ccc2C=O)[C@H](OC(C)=O)[C@@H](OC(C)=O)[C@@H]1OC(C)=O. The van der Waals surface area contributed by atoms with Crippen molar-refractivity contribution in [3.8, 4) is 16.9 Å². The van der Waals surface area contributed by atoms with Crippen molar-refractivity contribution < 1.29 is 61.9 Å². The fourth-order valence-electron chi connectivity index (χ4n) is 6.37. The van der Waals surface area contributed by atoms with Crippen molar-refractivity contribution in [3.05, 3.63) is 89.0 Å². The summed E-state index contributed by atoms with van der Waals surface area (Å²) in [6.07, 6.45) is -7.06. The van der Waals surface area contributed by atoms with Crippen LogP contribution in [0, 0.1) is 0 Å². The molecule has 1 heterocycles. The Labute approximate surface area is 299 Å². The average Bonchev–Trinajstić information content (AvgIpc) is 3.44. The van der Waals surface area contributed by atoms with E-state index in [1.54, 1.807) is 12.1 Å². The number of benzene rings is 3. The van der Waals surface area contributed by atoms with Gasteiger partial charge in [-0.05, 0) is 52.8 Å². The molecule has 1 aliphatic carbocycles. The number of alkyl carbamates (subject to hydrolysis) is 1. The molecule has 14 heteroatoms. The van der Waals surface area contributed by atoms with Gasteiger partial charge in [-0.1, -0.05) is 54.6 Å². The van der Waals surface area contributed by atoms with Gasteiger partial charge in [0.05, 0.1) is 12.7 Å². The Balaban J connectivity index is 1.24. The van der Waals surface area contributed by atoms with Gasteiger partial charge in [0.2, 0.25) is 12.4 Å². The maximum Gasteiger partial charge on any atom is 0.407 e. The van der Waals surface area contributed by atoms with E-state index in [1.165, 1.54) is 6.07 Å². The largest absolute Gasteiger partial charge is 0.467 e. The van der Waals surface area contributed by atoms with Crippen LogP contribution in [0.2, 0.25) is 0 Å². The second-order valence-corrected chi connectivity index (χ2v) is 12.1. The van der Waals surface area contributed by atoms with Crippen LogP contribution in [0.1, 0.15) is 60.2 Å². The predicted molar refractivity (Wildman–Crippen MR) is 181 cm³/mol. The quantitative estimate of drug-likeness (QED) is 0.116. The predicted octanol–water partition coefficient (Wildman–Crippen LogP) is 4.04. The van der Waals surface area contributed by atoms with Crippen molar-refractivity contribution in [1.82, 2.24) is 5.32 Å². The van der Waals surface area contributed by atoms with Crippen LogP contribution in [0.3, 0.4) is 0 Å². The van der Waals surface area contributed by atoms with E-state index in [0.717, 1.165) is 50.1 Å². The summed E-state index contributed by atoms with van der Waals surface area (Å²) in [6, 6.07) is 20.9. The molecule has 52 heavy (non-hydrogen) atoms. The molecule has 1 N–H and O–H groups in total. The molecule has 0 saturated carbocycles. The third-order valence-electron chi connectivity index (χ3n) is 8.54. The van der Waals surface area contributed by atoms with Gasteiger partial charge in [0.15, 0.2) is 24.6 Å². The monoisotopic (exact) mass is 717 g/mol. The zero-order valence-electron chi connectivity index (χ0n) is 29.0. The summed E-state index contributed by atoms with van der Waals surface area (Å²) in [5.41, 5.74) is 5.27. The summed E-state index contributed by atoms with van der Waals surface area (Å²) in [4.78, 5) is 73.6. The van der Waals surface area contributed by atoms with E-state index in [4.69, 9.17) is 33.2 Å². The van der Waals surface area contributed by atoms with Gasteiger partial charge in [-0.2, -0.15) is 0 Å². The Morgan fingerprint density at radius 2 is 1.38 bits per heavy atom. The molecule has 0 unspecified atom stereocenters. The zero-order chi connectivity index (χ0) is 37.4.